The molecule has 2 rings (SSSR count). The van der Waals surface area contributed by atoms with E-state index < -0.39 is 22.8 Å². The lowest BCUT2D eigenvalue weighted by Crippen LogP contribution is -2.44. The van der Waals surface area contributed by atoms with Crippen LogP contribution in [0.25, 0.3) is 0 Å². The highest BCUT2D eigenvalue weighted by atomic mass is 32.1. The van der Waals surface area contributed by atoms with Crippen molar-refractivity contribution in [2.24, 2.45) is 0 Å². The normalized spacial score (nSPS) is 12.7. The Kier molecular flexibility index (Phi) is 6.82. The maximum atomic E-state index is 12.9. The predicted octanol–water partition coefficient (Wildman–Crippen LogP) is 3.38. The van der Waals surface area contributed by atoms with Gasteiger partial charge in [-0.15, -0.1) is 0 Å². The zero-order valence-corrected chi connectivity index (χ0v) is 18.1. The van der Waals surface area contributed by atoms with E-state index in [-0.39, 0.29) is 23.2 Å². The standard InChI is InChI=1S/C21H29N3O3S/c1-13(2)24-10-16(18(25)17(11-24)20(27)23-21(4,5)6)19(26)22-14(3)9-15-7-8-28-12-15/h7-8,10-14H,9H2,1-6H3,(H,22,26)(H,23,27)/t14-/m1/s1. The van der Waals surface area contributed by atoms with Gasteiger partial charge < -0.3 is 15.2 Å². The molecule has 6 nitrogen and oxygen atoms in total. The molecular formula is C21H29N3O3S. The molecule has 2 amide bonds. The molecule has 2 heterocycles. The Morgan fingerprint density at radius 2 is 1.71 bits per heavy atom. The number of amides is 2. The lowest BCUT2D eigenvalue weighted by molar-refractivity contribution is 0.0917. The third-order valence-electron chi connectivity index (χ3n) is 4.12. The highest BCUT2D eigenvalue weighted by Gasteiger charge is 2.23. The minimum atomic E-state index is -0.557. The van der Waals surface area contributed by atoms with Gasteiger partial charge in [0, 0.05) is 30.0 Å². The summed E-state index contributed by atoms with van der Waals surface area (Å²) in [6.07, 6.45) is 3.71. The van der Waals surface area contributed by atoms with Gasteiger partial charge in [0.1, 0.15) is 11.1 Å². The molecule has 2 aromatic heterocycles. The van der Waals surface area contributed by atoms with Gasteiger partial charge in [-0.05, 0) is 70.4 Å². The van der Waals surface area contributed by atoms with E-state index in [2.05, 4.69) is 10.6 Å². The lowest BCUT2D eigenvalue weighted by Gasteiger charge is -2.21. The lowest BCUT2D eigenvalue weighted by atomic mass is 10.1. The minimum absolute atomic E-state index is 0.00318. The van der Waals surface area contributed by atoms with E-state index in [1.165, 1.54) is 12.4 Å². The molecule has 0 aliphatic heterocycles. The number of nitrogens with one attached hydrogen (secondary N) is 2. The second kappa shape index (κ2) is 8.73. The molecule has 0 saturated carbocycles. The number of carbonyl (C=O) groups excluding carboxylic acids is 2. The first kappa shape index (κ1) is 21.9. The average Bonchev–Trinajstić information content (AvgIpc) is 3.05. The summed E-state index contributed by atoms with van der Waals surface area (Å²) in [6.45, 7) is 11.3. The Morgan fingerprint density at radius 1 is 1.11 bits per heavy atom. The fraction of sp³-hybridized carbons (Fsp3) is 0.476. The molecule has 0 unspecified atom stereocenters. The Bertz CT molecular complexity index is 893. The Hall–Kier alpha value is -2.41. The number of aromatic nitrogens is 1. The van der Waals surface area contributed by atoms with Crippen LogP contribution in [-0.2, 0) is 6.42 Å². The molecule has 2 N–H and O–H groups in total. The molecule has 7 heteroatoms. The van der Waals surface area contributed by atoms with Gasteiger partial charge in [-0.25, -0.2) is 0 Å². The Balaban J connectivity index is 2.32. The van der Waals surface area contributed by atoms with Gasteiger partial charge in [0.2, 0.25) is 5.43 Å². The molecular weight excluding hydrogens is 374 g/mol. The maximum Gasteiger partial charge on any atom is 0.257 e. The highest BCUT2D eigenvalue weighted by molar-refractivity contribution is 7.07. The summed E-state index contributed by atoms with van der Waals surface area (Å²) in [5, 5.41) is 9.69. The van der Waals surface area contributed by atoms with Crippen LogP contribution in [0.5, 0.6) is 0 Å². The topological polar surface area (TPSA) is 80.2 Å². The second-order valence-corrected chi connectivity index (χ2v) is 9.15. The van der Waals surface area contributed by atoms with E-state index in [9.17, 15) is 14.4 Å². The van der Waals surface area contributed by atoms with Crippen molar-refractivity contribution in [3.63, 3.8) is 0 Å². The van der Waals surface area contributed by atoms with Gasteiger partial charge in [-0.1, -0.05) is 0 Å². The second-order valence-electron chi connectivity index (χ2n) is 8.37. The number of carbonyl (C=O) groups is 2. The van der Waals surface area contributed by atoms with Crippen molar-refractivity contribution < 1.29 is 9.59 Å². The smallest absolute Gasteiger partial charge is 0.257 e. The van der Waals surface area contributed by atoms with Gasteiger partial charge in [0.05, 0.1) is 0 Å². The number of hydrogen-bond acceptors (Lipinski definition) is 4. The van der Waals surface area contributed by atoms with Gasteiger partial charge >= 0.3 is 0 Å². The average molecular weight is 404 g/mol. The first-order chi connectivity index (χ1) is 13.0. The van der Waals surface area contributed by atoms with E-state index in [0.29, 0.717) is 6.42 Å². The van der Waals surface area contributed by atoms with E-state index in [0.717, 1.165) is 5.56 Å². The SMILES string of the molecule is CC(C)n1cc(C(=O)N[C@H](C)Cc2ccsc2)c(=O)c(C(=O)NC(C)(C)C)c1. The van der Waals surface area contributed by atoms with Gasteiger partial charge in [0.25, 0.3) is 11.8 Å². The van der Waals surface area contributed by atoms with Crippen LogP contribution in [0.3, 0.4) is 0 Å². The van der Waals surface area contributed by atoms with Crippen molar-refractivity contribution in [1.82, 2.24) is 15.2 Å². The molecule has 0 saturated heterocycles. The van der Waals surface area contributed by atoms with Crippen molar-refractivity contribution in [1.29, 1.82) is 0 Å². The molecule has 0 radical (unpaired) electrons. The summed E-state index contributed by atoms with van der Waals surface area (Å²) < 4.78 is 1.72. The van der Waals surface area contributed by atoms with Crippen LogP contribution in [-0.4, -0.2) is 28.0 Å². The van der Waals surface area contributed by atoms with Crippen LogP contribution in [0.2, 0.25) is 0 Å². The van der Waals surface area contributed by atoms with Crippen molar-refractivity contribution >= 4 is 23.2 Å². The summed E-state index contributed by atoms with van der Waals surface area (Å²) in [6, 6.07) is 1.87. The number of pyridine rings is 1. The molecule has 0 fully saturated rings. The maximum absolute atomic E-state index is 12.9. The molecule has 2 aromatic rings. The number of hydrogen-bond donors (Lipinski definition) is 2. The zero-order chi connectivity index (χ0) is 21.1. The summed E-state index contributed by atoms with van der Waals surface area (Å²) in [5.74, 6) is -0.944. The van der Waals surface area contributed by atoms with Crippen LogP contribution in [0.1, 0.15) is 73.9 Å². The Morgan fingerprint density at radius 3 is 2.21 bits per heavy atom. The number of thiophene rings is 1. The summed E-state index contributed by atoms with van der Waals surface area (Å²) in [5.41, 5.74) is 0.0447. The fourth-order valence-electron chi connectivity index (χ4n) is 2.74. The summed E-state index contributed by atoms with van der Waals surface area (Å²) >= 11 is 1.60. The summed E-state index contributed by atoms with van der Waals surface area (Å²) in [4.78, 5) is 38.3. The van der Waals surface area contributed by atoms with Crippen molar-refractivity contribution in [2.45, 2.75) is 65.6 Å². The molecule has 0 aliphatic rings. The van der Waals surface area contributed by atoms with Crippen LogP contribution < -0.4 is 16.1 Å². The molecule has 0 aliphatic carbocycles. The number of rotatable bonds is 6. The molecule has 0 spiro atoms. The van der Waals surface area contributed by atoms with E-state index in [1.807, 2.05) is 58.4 Å². The van der Waals surface area contributed by atoms with Crippen LogP contribution in [0.15, 0.2) is 34.0 Å². The molecule has 28 heavy (non-hydrogen) atoms. The monoisotopic (exact) mass is 403 g/mol. The highest BCUT2D eigenvalue weighted by Crippen LogP contribution is 2.11. The first-order valence-corrected chi connectivity index (χ1v) is 10.3. The molecule has 152 valence electrons. The quantitative estimate of drug-likeness (QED) is 0.776. The van der Waals surface area contributed by atoms with Gasteiger partial charge in [-0.3, -0.25) is 14.4 Å². The predicted molar refractivity (Wildman–Crippen MR) is 113 cm³/mol. The van der Waals surface area contributed by atoms with Gasteiger partial charge in [0.15, 0.2) is 0 Å². The minimum Gasteiger partial charge on any atom is -0.350 e. The van der Waals surface area contributed by atoms with E-state index in [1.54, 1.807) is 15.9 Å². The fourth-order valence-corrected chi connectivity index (χ4v) is 3.42. The molecule has 1 atom stereocenters. The van der Waals surface area contributed by atoms with Crippen molar-refractivity contribution in [3.05, 3.63) is 56.1 Å². The Labute approximate surface area is 170 Å². The molecule has 0 bridgehead atoms. The van der Waals surface area contributed by atoms with Crippen molar-refractivity contribution in [2.75, 3.05) is 0 Å². The van der Waals surface area contributed by atoms with E-state index in [4.69, 9.17) is 0 Å². The third-order valence-corrected chi connectivity index (χ3v) is 4.85. The van der Waals surface area contributed by atoms with Crippen LogP contribution >= 0.6 is 11.3 Å². The molecule has 0 aromatic carbocycles. The van der Waals surface area contributed by atoms with Crippen molar-refractivity contribution in [3.8, 4) is 0 Å². The van der Waals surface area contributed by atoms with Crippen LogP contribution in [0.4, 0.5) is 0 Å². The van der Waals surface area contributed by atoms with E-state index >= 15 is 0 Å². The third kappa shape index (κ3) is 5.79. The number of nitrogens with zero attached hydrogens (tertiary/aromatic N) is 1. The first-order valence-electron chi connectivity index (χ1n) is 9.38. The van der Waals surface area contributed by atoms with Crippen LogP contribution in [0, 0.1) is 0 Å². The van der Waals surface area contributed by atoms with Gasteiger partial charge in [-0.2, -0.15) is 11.3 Å². The zero-order valence-electron chi connectivity index (χ0n) is 17.3. The largest absolute Gasteiger partial charge is 0.350 e. The summed E-state index contributed by atoms with van der Waals surface area (Å²) in [7, 11) is 0.